The molecular formula is C11H22N+. The third-order valence-electron chi connectivity index (χ3n) is 1.58. The van der Waals surface area contributed by atoms with Gasteiger partial charge in [0.1, 0.15) is 6.54 Å². The molecule has 0 aliphatic rings. The number of hydrogen-bond donors (Lipinski definition) is 0. The zero-order chi connectivity index (χ0) is 9.78. The molecular weight excluding hydrogens is 146 g/mol. The largest absolute Gasteiger partial charge is 0.299 e. The molecule has 70 valence electrons. The molecule has 0 bridgehead atoms. The third kappa shape index (κ3) is 6.17. The Bertz CT molecular complexity index is 189. The molecule has 1 heteroatoms. The number of rotatable bonds is 3. The molecule has 0 saturated carbocycles. The van der Waals surface area contributed by atoms with Gasteiger partial charge in [-0.3, -0.25) is 4.48 Å². The Morgan fingerprint density at radius 2 is 1.50 bits per heavy atom. The molecule has 0 fully saturated rings. The number of hydrogen-bond acceptors (Lipinski definition) is 0. The molecule has 0 rings (SSSR count). The van der Waals surface area contributed by atoms with E-state index in [2.05, 4.69) is 54.1 Å². The molecule has 0 spiro atoms. The van der Waals surface area contributed by atoms with Gasteiger partial charge in [0.25, 0.3) is 0 Å². The fraction of sp³-hybridized carbons (Fsp3) is 0.636. The topological polar surface area (TPSA) is 0 Å². The number of nitrogens with zero attached hydrogens (tertiary/aromatic N) is 1. The molecule has 0 aromatic carbocycles. The normalized spacial score (nSPS) is 10.8. The Hall–Kier alpha value is -0.560. The summed E-state index contributed by atoms with van der Waals surface area (Å²) in [6.45, 7) is 9.64. The highest BCUT2D eigenvalue weighted by Crippen LogP contribution is 2.04. The maximum Gasteiger partial charge on any atom is 0.101 e. The van der Waals surface area contributed by atoms with E-state index in [4.69, 9.17) is 0 Å². The van der Waals surface area contributed by atoms with Gasteiger partial charge in [-0.1, -0.05) is 5.57 Å². The first-order valence-electron chi connectivity index (χ1n) is 4.45. The number of allylic oxidation sites excluding steroid dienone is 2. The minimum absolute atomic E-state index is 0.938. The van der Waals surface area contributed by atoms with E-state index in [1.807, 2.05) is 0 Å². The summed E-state index contributed by atoms with van der Waals surface area (Å²) in [6.07, 6.45) is 4.55. The molecule has 0 unspecified atom stereocenters. The van der Waals surface area contributed by atoms with Crippen molar-refractivity contribution in [2.45, 2.75) is 27.7 Å². The molecule has 0 aromatic rings. The van der Waals surface area contributed by atoms with Crippen molar-refractivity contribution in [3.63, 3.8) is 0 Å². The van der Waals surface area contributed by atoms with Crippen molar-refractivity contribution in [3.05, 3.63) is 23.4 Å². The summed E-state index contributed by atoms with van der Waals surface area (Å²) in [6, 6.07) is 0. The van der Waals surface area contributed by atoms with Crippen molar-refractivity contribution in [3.8, 4) is 0 Å². The highest BCUT2D eigenvalue weighted by molar-refractivity contribution is 4.94. The van der Waals surface area contributed by atoms with Gasteiger partial charge in [-0.15, -0.1) is 0 Å². The standard InChI is InChI=1S/C11H22N/c1-10(2)7-8-12(5,6)9-11(3)4/h7,9H,8H2,1-6H3/q+1. The molecule has 0 radical (unpaired) electrons. The predicted octanol–water partition coefficient (Wildman–Crippen LogP) is 2.95. The van der Waals surface area contributed by atoms with Gasteiger partial charge in [-0.2, -0.15) is 0 Å². The number of likely N-dealkylation sites (N-methyl/N-ethyl adjacent to an activating group) is 1. The predicted molar refractivity (Wildman–Crippen MR) is 55.8 cm³/mol. The van der Waals surface area contributed by atoms with Crippen LogP contribution in [0.4, 0.5) is 0 Å². The molecule has 0 saturated heterocycles. The van der Waals surface area contributed by atoms with E-state index in [-0.39, 0.29) is 0 Å². The lowest BCUT2D eigenvalue weighted by Crippen LogP contribution is -2.33. The van der Waals surface area contributed by atoms with Crippen LogP contribution < -0.4 is 0 Å². The third-order valence-corrected chi connectivity index (χ3v) is 1.58. The van der Waals surface area contributed by atoms with Gasteiger partial charge < -0.3 is 0 Å². The fourth-order valence-electron chi connectivity index (χ4n) is 1.17. The van der Waals surface area contributed by atoms with Crippen molar-refractivity contribution in [1.82, 2.24) is 0 Å². The van der Waals surface area contributed by atoms with E-state index < -0.39 is 0 Å². The second-order valence-electron chi connectivity index (χ2n) is 4.45. The molecule has 0 aliphatic heterocycles. The van der Waals surface area contributed by atoms with Crippen molar-refractivity contribution < 1.29 is 4.48 Å². The first-order valence-corrected chi connectivity index (χ1v) is 4.45. The van der Waals surface area contributed by atoms with Gasteiger partial charge in [0.2, 0.25) is 0 Å². The maximum absolute atomic E-state index is 2.28. The van der Waals surface area contributed by atoms with Gasteiger partial charge in [0, 0.05) is 0 Å². The lowest BCUT2D eigenvalue weighted by atomic mass is 10.3. The van der Waals surface area contributed by atoms with Crippen LogP contribution in [0.25, 0.3) is 0 Å². The number of quaternary nitrogens is 1. The van der Waals surface area contributed by atoms with Crippen LogP contribution in [0.3, 0.4) is 0 Å². The molecule has 0 N–H and O–H groups in total. The SMILES string of the molecule is CC(C)=CC[N+](C)(C)C=C(C)C. The Morgan fingerprint density at radius 1 is 1.00 bits per heavy atom. The average molecular weight is 168 g/mol. The zero-order valence-electron chi connectivity index (χ0n) is 9.31. The van der Waals surface area contributed by atoms with Gasteiger partial charge >= 0.3 is 0 Å². The lowest BCUT2D eigenvalue weighted by molar-refractivity contribution is -0.833. The summed E-state index contributed by atoms with van der Waals surface area (Å²) in [5.74, 6) is 0. The van der Waals surface area contributed by atoms with E-state index in [0.717, 1.165) is 11.0 Å². The quantitative estimate of drug-likeness (QED) is 0.449. The van der Waals surface area contributed by atoms with Crippen LogP contribution in [0.1, 0.15) is 27.7 Å². The maximum atomic E-state index is 2.28. The smallest absolute Gasteiger partial charge is 0.101 e. The average Bonchev–Trinajstić information content (AvgIpc) is 1.81. The highest BCUT2D eigenvalue weighted by Gasteiger charge is 2.08. The second-order valence-corrected chi connectivity index (χ2v) is 4.45. The van der Waals surface area contributed by atoms with Crippen LogP contribution in [0, 0.1) is 0 Å². The molecule has 1 nitrogen and oxygen atoms in total. The first-order chi connectivity index (χ1) is 5.33. The summed E-state index contributed by atoms with van der Waals surface area (Å²) in [5.41, 5.74) is 2.77. The fourth-order valence-corrected chi connectivity index (χ4v) is 1.17. The van der Waals surface area contributed by atoms with Crippen LogP contribution in [0.5, 0.6) is 0 Å². The van der Waals surface area contributed by atoms with Crippen molar-refractivity contribution in [2.75, 3.05) is 20.6 Å². The first kappa shape index (κ1) is 11.4. The Morgan fingerprint density at radius 3 is 1.83 bits per heavy atom. The summed E-state index contributed by atoms with van der Waals surface area (Å²) >= 11 is 0. The van der Waals surface area contributed by atoms with Gasteiger partial charge in [0.15, 0.2) is 0 Å². The summed E-state index contributed by atoms with van der Waals surface area (Å²) in [4.78, 5) is 0. The Labute approximate surface area is 77.0 Å². The van der Waals surface area contributed by atoms with Crippen LogP contribution in [0.2, 0.25) is 0 Å². The van der Waals surface area contributed by atoms with Crippen molar-refractivity contribution >= 4 is 0 Å². The van der Waals surface area contributed by atoms with E-state index in [1.165, 1.54) is 11.1 Å². The van der Waals surface area contributed by atoms with Gasteiger partial charge in [-0.05, 0) is 39.3 Å². The van der Waals surface area contributed by atoms with Crippen LogP contribution in [-0.2, 0) is 0 Å². The van der Waals surface area contributed by atoms with Crippen molar-refractivity contribution in [2.24, 2.45) is 0 Å². The van der Waals surface area contributed by atoms with Gasteiger partial charge in [0.05, 0.1) is 20.3 Å². The molecule has 0 atom stereocenters. The van der Waals surface area contributed by atoms with E-state index in [9.17, 15) is 0 Å². The second kappa shape index (κ2) is 4.46. The monoisotopic (exact) mass is 168 g/mol. The van der Waals surface area contributed by atoms with Crippen molar-refractivity contribution in [1.29, 1.82) is 0 Å². The van der Waals surface area contributed by atoms with Crippen LogP contribution in [0.15, 0.2) is 23.4 Å². The van der Waals surface area contributed by atoms with E-state index in [1.54, 1.807) is 0 Å². The summed E-state index contributed by atoms with van der Waals surface area (Å²) in [5, 5.41) is 0. The summed E-state index contributed by atoms with van der Waals surface area (Å²) < 4.78 is 0.938. The van der Waals surface area contributed by atoms with Crippen LogP contribution >= 0.6 is 0 Å². The zero-order valence-corrected chi connectivity index (χ0v) is 9.31. The molecule has 0 aliphatic carbocycles. The minimum atomic E-state index is 0.938. The van der Waals surface area contributed by atoms with Gasteiger partial charge in [-0.25, -0.2) is 0 Å². The molecule has 0 amide bonds. The molecule has 0 heterocycles. The van der Waals surface area contributed by atoms with E-state index in [0.29, 0.717) is 0 Å². The highest BCUT2D eigenvalue weighted by atomic mass is 15.3. The minimum Gasteiger partial charge on any atom is -0.299 e. The Kier molecular flexibility index (Phi) is 4.25. The molecule has 12 heavy (non-hydrogen) atoms. The Balaban J connectivity index is 4.24. The molecule has 0 aromatic heterocycles. The van der Waals surface area contributed by atoms with Crippen LogP contribution in [-0.4, -0.2) is 25.1 Å². The van der Waals surface area contributed by atoms with E-state index >= 15 is 0 Å². The lowest BCUT2D eigenvalue weighted by Gasteiger charge is -2.24. The summed E-state index contributed by atoms with van der Waals surface area (Å²) in [7, 11) is 4.43.